The number of halogens is 1. The summed E-state index contributed by atoms with van der Waals surface area (Å²) in [5.74, 6) is -0.671. The molecular formula is C22H17ClN6O2. The molecule has 5 rings (SSSR count). The number of rotatable bonds is 4. The summed E-state index contributed by atoms with van der Waals surface area (Å²) in [5, 5.41) is 15.7. The Hall–Kier alpha value is -3.78. The molecule has 2 aromatic heterocycles. The topological polar surface area (TPSA) is 92.5 Å². The average molecular weight is 433 g/mol. The minimum absolute atomic E-state index is 0.0757. The third-order valence-corrected chi connectivity index (χ3v) is 5.50. The van der Waals surface area contributed by atoms with E-state index in [0.29, 0.717) is 22.9 Å². The first kappa shape index (κ1) is 19.2. The number of hydrogen-bond acceptors (Lipinski definition) is 5. The minimum atomic E-state index is -0.416. The predicted molar refractivity (Wildman–Crippen MR) is 117 cm³/mol. The van der Waals surface area contributed by atoms with Crippen molar-refractivity contribution in [2.45, 2.75) is 6.42 Å². The first-order valence-corrected chi connectivity index (χ1v) is 10.1. The zero-order chi connectivity index (χ0) is 21.4. The van der Waals surface area contributed by atoms with E-state index in [4.69, 9.17) is 11.6 Å². The number of nitrogens with zero attached hydrogens (tertiary/aromatic N) is 5. The van der Waals surface area contributed by atoms with Gasteiger partial charge in [0.1, 0.15) is 6.33 Å². The zero-order valence-corrected chi connectivity index (χ0v) is 17.0. The van der Waals surface area contributed by atoms with E-state index in [-0.39, 0.29) is 18.2 Å². The van der Waals surface area contributed by atoms with Crippen molar-refractivity contribution >= 4 is 40.4 Å². The fourth-order valence-electron chi connectivity index (χ4n) is 3.60. The van der Waals surface area contributed by atoms with Gasteiger partial charge in [-0.1, -0.05) is 23.7 Å². The lowest BCUT2D eigenvalue weighted by molar-refractivity contribution is -0.122. The number of aromatic nitrogens is 4. The lowest BCUT2D eigenvalue weighted by atomic mass is 10.1. The van der Waals surface area contributed by atoms with E-state index in [2.05, 4.69) is 20.6 Å². The van der Waals surface area contributed by atoms with E-state index in [0.717, 1.165) is 16.9 Å². The van der Waals surface area contributed by atoms with Crippen LogP contribution in [0.5, 0.6) is 0 Å². The van der Waals surface area contributed by atoms with Crippen molar-refractivity contribution in [3.8, 4) is 11.3 Å². The van der Waals surface area contributed by atoms with Gasteiger partial charge in [0.25, 0.3) is 0 Å². The highest BCUT2D eigenvalue weighted by atomic mass is 35.5. The molecule has 9 heteroatoms. The Labute approximate surface area is 182 Å². The number of anilines is 2. The molecular weight excluding hydrogens is 416 g/mol. The summed E-state index contributed by atoms with van der Waals surface area (Å²) in [5.41, 5.74) is 3.75. The minimum Gasteiger partial charge on any atom is -0.326 e. The van der Waals surface area contributed by atoms with Crippen LogP contribution in [-0.4, -0.2) is 38.2 Å². The van der Waals surface area contributed by atoms with Gasteiger partial charge in [0, 0.05) is 34.9 Å². The summed E-state index contributed by atoms with van der Waals surface area (Å²) in [6.07, 6.45) is 1.72. The number of hydrogen-bond donors (Lipinski definition) is 1. The third-order valence-electron chi connectivity index (χ3n) is 5.24. The molecule has 154 valence electrons. The summed E-state index contributed by atoms with van der Waals surface area (Å²) in [6, 6.07) is 18.1. The molecule has 0 saturated carbocycles. The second kappa shape index (κ2) is 7.81. The van der Waals surface area contributed by atoms with Gasteiger partial charge in [-0.2, -0.15) is 9.61 Å². The molecule has 2 amide bonds. The molecule has 8 nitrogen and oxygen atoms in total. The molecule has 1 aliphatic heterocycles. The van der Waals surface area contributed by atoms with Gasteiger partial charge < -0.3 is 10.2 Å². The Kier molecular flexibility index (Phi) is 4.83. The van der Waals surface area contributed by atoms with Crippen molar-refractivity contribution in [2.24, 2.45) is 5.92 Å². The SMILES string of the molecule is O=C(Nc1ccc(-c2ccc3nncn3n2)cc1)C1CC(=O)N(c2ccc(Cl)cc2)C1. The second-order valence-electron chi connectivity index (χ2n) is 7.30. The first-order chi connectivity index (χ1) is 15.1. The highest BCUT2D eigenvalue weighted by Gasteiger charge is 2.35. The Balaban J connectivity index is 1.26. The van der Waals surface area contributed by atoms with Gasteiger partial charge in [-0.15, -0.1) is 10.2 Å². The van der Waals surface area contributed by atoms with Crippen molar-refractivity contribution in [2.75, 3.05) is 16.8 Å². The van der Waals surface area contributed by atoms with Gasteiger partial charge in [0.2, 0.25) is 11.8 Å². The zero-order valence-electron chi connectivity index (χ0n) is 16.3. The van der Waals surface area contributed by atoms with Gasteiger partial charge >= 0.3 is 0 Å². The third kappa shape index (κ3) is 3.85. The summed E-state index contributed by atoms with van der Waals surface area (Å²) in [6.45, 7) is 0.341. The number of amides is 2. The molecule has 0 aliphatic carbocycles. The smallest absolute Gasteiger partial charge is 0.229 e. The van der Waals surface area contributed by atoms with Gasteiger partial charge in [-0.3, -0.25) is 9.59 Å². The lowest BCUT2D eigenvalue weighted by Gasteiger charge is -2.16. The van der Waals surface area contributed by atoms with E-state index in [1.807, 2.05) is 36.4 Å². The molecule has 0 bridgehead atoms. The van der Waals surface area contributed by atoms with Crippen LogP contribution in [-0.2, 0) is 9.59 Å². The largest absolute Gasteiger partial charge is 0.326 e. The number of carbonyl (C=O) groups excluding carboxylic acids is 2. The second-order valence-corrected chi connectivity index (χ2v) is 7.74. The molecule has 1 fully saturated rings. The van der Waals surface area contributed by atoms with E-state index in [1.54, 1.807) is 40.0 Å². The van der Waals surface area contributed by atoms with Crippen LogP contribution in [0.4, 0.5) is 11.4 Å². The van der Waals surface area contributed by atoms with Crippen molar-refractivity contribution in [3.63, 3.8) is 0 Å². The van der Waals surface area contributed by atoms with Gasteiger partial charge in [-0.05, 0) is 48.5 Å². The molecule has 0 radical (unpaired) electrons. The first-order valence-electron chi connectivity index (χ1n) is 9.71. The molecule has 0 spiro atoms. The normalized spacial score (nSPS) is 16.1. The fourth-order valence-corrected chi connectivity index (χ4v) is 3.73. The summed E-state index contributed by atoms with van der Waals surface area (Å²) in [4.78, 5) is 26.7. The Bertz CT molecular complexity index is 1270. The highest BCUT2D eigenvalue weighted by molar-refractivity contribution is 6.30. The van der Waals surface area contributed by atoms with E-state index < -0.39 is 5.92 Å². The molecule has 4 aromatic rings. The van der Waals surface area contributed by atoms with Crippen LogP contribution in [0.3, 0.4) is 0 Å². The number of nitrogens with one attached hydrogen (secondary N) is 1. The fraction of sp³-hybridized carbons (Fsp3) is 0.136. The maximum absolute atomic E-state index is 12.7. The van der Waals surface area contributed by atoms with Crippen LogP contribution in [0.25, 0.3) is 16.9 Å². The molecule has 2 aromatic carbocycles. The van der Waals surface area contributed by atoms with Crippen molar-refractivity contribution < 1.29 is 9.59 Å². The van der Waals surface area contributed by atoms with Gasteiger partial charge in [-0.25, -0.2) is 0 Å². The van der Waals surface area contributed by atoms with E-state index in [9.17, 15) is 9.59 Å². The Morgan fingerprint density at radius 1 is 1.03 bits per heavy atom. The molecule has 3 heterocycles. The highest BCUT2D eigenvalue weighted by Crippen LogP contribution is 2.27. The van der Waals surface area contributed by atoms with Crippen molar-refractivity contribution in [1.82, 2.24) is 19.8 Å². The van der Waals surface area contributed by atoms with Gasteiger partial charge in [0.05, 0.1) is 11.6 Å². The quantitative estimate of drug-likeness (QED) is 0.533. The number of carbonyl (C=O) groups is 2. The Morgan fingerprint density at radius 2 is 1.81 bits per heavy atom. The molecule has 31 heavy (non-hydrogen) atoms. The van der Waals surface area contributed by atoms with Crippen LogP contribution in [0.1, 0.15) is 6.42 Å². The van der Waals surface area contributed by atoms with E-state index >= 15 is 0 Å². The predicted octanol–water partition coefficient (Wildman–Crippen LogP) is 3.44. The maximum Gasteiger partial charge on any atom is 0.229 e. The van der Waals surface area contributed by atoms with Crippen molar-refractivity contribution in [1.29, 1.82) is 0 Å². The average Bonchev–Trinajstić information content (AvgIpc) is 3.41. The summed E-state index contributed by atoms with van der Waals surface area (Å²) in [7, 11) is 0. The standard InChI is InChI=1S/C22H17ClN6O2/c23-16-3-7-18(8-4-16)28-12-15(11-21(28)30)22(31)25-17-5-1-14(2-6-17)19-9-10-20-26-24-13-29(20)27-19/h1-10,13,15H,11-12H2,(H,25,31). The maximum atomic E-state index is 12.7. The number of fused-ring (bicyclic) bond motifs is 1. The number of benzene rings is 2. The van der Waals surface area contributed by atoms with Crippen LogP contribution >= 0.6 is 11.6 Å². The molecule has 1 unspecified atom stereocenters. The van der Waals surface area contributed by atoms with Crippen LogP contribution in [0.15, 0.2) is 67.0 Å². The van der Waals surface area contributed by atoms with Crippen LogP contribution in [0.2, 0.25) is 5.02 Å². The van der Waals surface area contributed by atoms with Crippen LogP contribution in [0, 0.1) is 5.92 Å². The molecule has 1 aliphatic rings. The molecule has 1 saturated heterocycles. The summed E-state index contributed by atoms with van der Waals surface area (Å²) >= 11 is 5.92. The van der Waals surface area contributed by atoms with Gasteiger partial charge in [0.15, 0.2) is 5.65 Å². The van der Waals surface area contributed by atoms with Crippen LogP contribution < -0.4 is 10.2 Å². The van der Waals surface area contributed by atoms with E-state index in [1.165, 1.54) is 0 Å². The molecule has 1 N–H and O–H groups in total. The monoisotopic (exact) mass is 432 g/mol. The van der Waals surface area contributed by atoms with Crippen molar-refractivity contribution in [3.05, 3.63) is 72.0 Å². The lowest BCUT2D eigenvalue weighted by Crippen LogP contribution is -2.28. The molecule has 1 atom stereocenters. The Morgan fingerprint density at radius 3 is 2.58 bits per heavy atom. The summed E-state index contributed by atoms with van der Waals surface area (Å²) < 4.78 is 1.61.